The van der Waals surface area contributed by atoms with E-state index in [2.05, 4.69) is 0 Å². The summed E-state index contributed by atoms with van der Waals surface area (Å²) in [5, 5.41) is 13.6. The van der Waals surface area contributed by atoms with Gasteiger partial charge in [-0.1, -0.05) is 18.6 Å². The topological polar surface area (TPSA) is 60.9 Å². The Hall–Kier alpha value is -2.21. The van der Waals surface area contributed by atoms with Gasteiger partial charge in [-0.15, -0.1) is 0 Å². The predicted molar refractivity (Wildman–Crippen MR) is 81.6 cm³/mol. The Labute approximate surface area is 134 Å². The van der Waals surface area contributed by atoms with E-state index in [4.69, 9.17) is 0 Å². The van der Waals surface area contributed by atoms with Gasteiger partial charge < -0.3 is 5.11 Å². The summed E-state index contributed by atoms with van der Waals surface area (Å²) < 4.78 is 13.4. The van der Waals surface area contributed by atoms with Crippen molar-refractivity contribution in [2.45, 2.75) is 38.8 Å². The number of hydrazine groups is 1. The zero-order valence-electron chi connectivity index (χ0n) is 13.0. The van der Waals surface area contributed by atoms with E-state index in [0.717, 1.165) is 12.8 Å². The van der Waals surface area contributed by atoms with Crippen LogP contribution < -0.4 is 0 Å². The first-order valence-corrected chi connectivity index (χ1v) is 7.76. The molecule has 1 saturated heterocycles. The molecule has 5 nitrogen and oxygen atoms in total. The molecule has 1 fully saturated rings. The number of carbonyl (C=O) groups is 2. The molecule has 0 bridgehead atoms. The minimum absolute atomic E-state index is 0.127. The number of piperidine rings is 1. The van der Waals surface area contributed by atoms with Crippen LogP contribution in [0.5, 0.6) is 0 Å². The Morgan fingerprint density at radius 1 is 1.39 bits per heavy atom. The fourth-order valence-electron chi connectivity index (χ4n) is 3.31. The summed E-state index contributed by atoms with van der Waals surface area (Å²) in [4.78, 5) is 24.5. The zero-order valence-corrected chi connectivity index (χ0v) is 13.0. The second-order valence-electron chi connectivity index (χ2n) is 5.98. The van der Waals surface area contributed by atoms with Crippen LogP contribution in [0.4, 0.5) is 4.39 Å². The van der Waals surface area contributed by atoms with E-state index in [1.165, 1.54) is 24.1 Å². The molecule has 0 radical (unpaired) electrons. The first-order chi connectivity index (χ1) is 11.0. The van der Waals surface area contributed by atoms with Gasteiger partial charge in [-0.05, 0) is 37.5 Å². The van der Waals surface area contributed by atoms with Crippen LogP contribution in [0, 0.1) is 5.82 Å². The molecule has 0 saturated carbocycles. The number of hydrogen-bond acceptors (Lipinski definition) is 4. The standard InChI is InChI=1S/C17H19FN2O3/c1-11(21)15-16(22)14-7-2-3-8-19(14)20(17(15)23)10-12-5-4-6-13(18)9-12/h4-6,9,14,22H,2-3,7-8,10H2,1H3. The Bertz CT molecular complexity index is 686. The van der Waals surface area contributed by atoms with E-state index >= 15 is 0 Å². The molecule has 3 rings (SSSR count). The van der Waals surface area contributed by atoms with Gasteiger partial charge in [-0.2, -0.15) is 0 Å². The number of Topliss-reactive ketones (excluding diaryl/α,β-unsaturated/α-hetero) is 1. The molecule has 1 aromatic carbocycles. The largest absolute Gasteiger partial charge is 0.510 e. The van der Waals surface area contributed by atoms with Gasteiger partial charge in [-0.25, -0.2) is 9.40 Å². The average molecular weight is 318 g/mol. The summed E-state index contributed by atoms with van der Waals surface area (Å²) in [7, 11) is 0. The highest BCUT2D eigenvalue weighted by molar-refractivity contribution is 6.19. The van der Waals surface area contributed by atoms with Crippen molar-refractivity contribution < 1.29 is 19.1 Å². The minimum Gasteiger partial charge on any atom is -0.510 e. The van der Waals surface area contributed by atoms with Gasteiger partial charge in [-0.3, -0.25) is 14.6 Å². The van der Waals surface area contributed by atoms with Crippen molar-refractivity contribution in [1.82, 2.24) is 10.0 Å². The van der Waals surface area contributed by atoms with Gasteiger partial charge in [0.15, 0.2) is 5.78 Å². The molecule has 1 unspecified atom stereocenters. The molecule has 122 valence electrons. The van der Waals surface area contributed by atoms with Gasteiger partial charge in [0.1, 0.15) is 17.1 Å². The van der Waals surface area contributed by atoms with Crippen molar-refractivity contribution in [1.29, 1.82) is 0 Å². The van der Waals surface area contributed by atoms with Crippen LogP contribution in [-0.4, -0.2) is 39.4 Å². The van der Waals surface area contributed by atoms with Gasteiger partial charge in [0.25, 0.3) is 5.91 Å². The van der Waals surface area contributed by atoms with Crippen molar-refractivity contribution in [3.63, 3.8) is 0 Å². The van der Waals surface area contributed by atoms with Crippen LogP contribution >= 0.6 is 0 Å². The minimum atomic E-state index is -0.516. The highest BCUT2D eigenvalue weighted by Gasteiger charge is 2.42. The van der Waals surface area contributed by atoms with E-state index in [1.807, 2.05) is 0 Å². The molecular formula is C17H19FN2O3. The monoisotopic (exact) mass is 318 g/mol. The van der Waals surface area contributed by atoms with Crippen LogP contribution in [-0.2, 0) is 16.1 Å². The van der Waals surface area contributed by atoms with Crippen molar-refractivity contribution >= 4 is 11.7 Å². The fraction of sp³-hybridized carbons (Fsp3) is 0.412. The number of halogens is 1. The lowest BCUT2D eigenvalue weighted by molar-refractivity contribution is -0.160. The Kier molecular flexibility index (Phi) is 4.17. The molecule has 1 N–H and O–H groups in total. The number of fused-ring (bicyclic) bond motifs is 1. The maximum atomic E-state index is 13.4. The SMILES string of the molecule is CC(=O)C1=C(O)C2CCCCN2N(Cc2cccc(F)c2)C1=O. The van der Waals surface area contributed by atoms with Crippen molar-refractivity contribution in [3.05, 3.63) is 47.0 Å². The molecule has 1 aromatic rings. The summed E-state index contributed by atoms with van der Waals surface area (Å²) in [6.07, 6.45) is 2.53. The Balaban J connectivity index is 1.97. The van der Waals surface area contributed by atoms with Gasteiger partial charge in [0.2, 0.25) is 0 Å². The molecule has 1 atom stereocenters. The van der Waals surface area contributed by atoms with E-state index in [0.29, 0.717) is 18.5 Å². The van der Waals surface area contributed by atoms with E-state index in [-0.39, 0.29) is 29.7 Å². The highest BCUT2D eigenvalue weighted by atomic mass is 19.1. The number of carbonyl (C=O) groups excluding carboxylic acids is 2. The van der Waals surface area contributed by atoms with Crippen molar-refractivity contribution in [2.24, 2.45) is 0 Å². The van der Waals surface area contributed by atoms with E-state index in [1.54, 1.807) is 17.1 Å². The molecule has 6 heteroatoms. The van der Waals surface area contributed by atoms with E-state index < -0.39 is 11.7 Å². The highest BCUT2D eigenvalue weighted by Crippen LogP contribution is 2.32. The average Bonchev–Trinajstić information content (AvgIpc) is 2.51. The van der Waals surface area contributed by atoms with Crippen LogP contribution in [0.1, 0.15) is 31.7 Å². The molecule has 0 aromatic heterocycles. The summed E-state index contributed by atoms with van der Waals surface area (Å²) in [5.41, 5.74) is 0.497. The number of benzene rings is 1. The second kappa shape index (κ2) is 6.12. The summed E-state index contributed by atoms with van der Waals surface area (Å²) in [6, 6.07) is 5.69. The van der Waals surface area contributed by atoms with Gasteiger partial charge in [0, 0.05) is 6.54 Å². The smallest absolute Gasteiger partial charge is 0.275 e. The predicted octanol–water partition coefficient (Wildman–Crippen LogP) is 2.34. The van der Waals surface area contributed by atoms with Crippen LogP contribution in [0.2, 0.25) is 0 Å². The number of ketones is 1. The third-order valence-electron chi connectivity index (χ3n) is 4.38. The number of nitrogens with zero attached hydrogens (tertiary/aromatic N) is 2. The van der Waals surface area contributed by atoms with Crippen LogP contribution in [0.25, 0.3) is 0 Å². The molecule has 0 spiro atoms. The van der Waals surface area contributed by atoms with Gasteiger partial charge in [0.05, 0.1) is 12.6 Å². The third kappa shape index (κ3) is 2.86. The maximum absolute atomic E-state index is 13.4. The quantitative estimate of drug-likeness (QED) is 0.869. The fourth-order valence-corrected chi connectivity index (χ4v) is 3.31. The van der Waals surface area contributed by atoms with Gasteiger partial charge >= 0.3 is 0 Å². The normalized spacial score (nSPS) is 22.3. The number of aliphatic hydroxyl groups excluding tert-OH is 1. The van der Waals surface area contributed by atoms with Crippen molar-refractivity contribution in [3.8, 4) is 0 Å². The molecule has 0 aliphatic carbocycles. The molecule has 2 aliphatic heterocycles. The number of amides is 1. The van der Waals surface area contributed by atoms with E-state index in [9.17, 15) is 19.1 Å². The first kappa shape index (κ1) is 15.7. The molecule has 2 heterocycles. The summed E-state index contributed by atoms with van der Waals surface area (Å²) >= 11 is 0. The number of aliphatic hydroxyl groups is 1. The lowest BCUT2D eigenvalue weighted by atomic mass is 9.94. The molecule has 23 heavy (non-hydrogen) atoms. The lowest BCUT2D eigenvalue weighted by Crippen LogP contribution is -2.58. The molecular weight excluding hydrogens is 299 g/mol. The number of rotatable bonds is 3. The van der Waals surface area contributed by atoms with Crippen LogP contribution in [0.15, 0.2) is 35.6 Å². The molecule has 1 amide bonds. The third-order valence-corrected chi connectivity index (χ3v) is 4.38. The zero-order chi connectivity index (χ0) is 16.6. The maximum Gasteiger partial charge on any atom is 0.275 e. The van der Waals surface area contributed by atoms with Crippen LogP contribution in [0.3, 0.4) is 0 Å². The lowest BCUT2D eigenvalue weighted by Gasteiger charge is -2.46. The summed E-state index contributed by atoms with van der Waals surface area (Å²) in [6.45, 7) is 2.08. The second-order valence-corrected chi connectivity index (χ2v) is 5.98. The number of hydrogen-bond donors (Lipinski definition) is 1. The Morgan fingerprint density at radius 2 is 2.17 bits per heavy atom. The van der Waals surface area contributed by atoms with Crippen molar-refractivity contribution in [2.75, 3.05) is 6.54 Å². The Morgan fingerprint density at radius 3 is 2.87 bits per heavy atom. The molecule has 2 aliphatic rings. The first-order valence-electron chi connectivity index (χ1n) is 7.76. The summed E-state index contributed by atoms with van der Waals surface area (Å²) in [5.74, 6) is -1.45.